The van der Waals surface area contributed by atoms with E-state index in [4.69, 9.17) is 11.5 Å². The summed E-state index contributed by atoms with van der Waals surface area (Å²) in [5, 5.41) is 20.9. The quantitative estimate of drug-likeness (QED) is 0.120. The molecule has 1 aromatic heterocycles. The van der Waals surface area contributed by atoms with Gasteiger partial charge < -0.3 is 22.1 Å². The fourth-order valence-electron chi connectivity index (χ4n) is 2.92. The molecule has 2 rings (SSSR count). The van der Waals surface area contributed by atoms with Gasteiger partial charge in [0, 0.05) is 32.4 Å². The summed E-state index contributed by atoms with van der Waals surface area (Å²) in [5.41, 5.74) is 11.5. The van der Waals surface area contributed by atoms with Crippen LogP contribution >= 0.6 is 0 Å². The molecule has 0 aliphatic heterocycles. The number of anilines is 1. The van der Waals surface area contributed by atoms with Crippen LogP contribution in [-0.4, -0.2) is 63.4 Å². The van der Waals surface area contributed by atoms with Crippen LogP contribution in [0.15, 0.2) is 35.3 Å². The van der Waals surface area contributed by atoms with Crippen LogP contribution in [0, 0.1) is 0 Å². The average molecular weight is 459 g/mol. The smallest absolute Gasteiger partial charge is 0.269 e. The molecule has 0 bridgehead atoms. The molecule has 33 heavy (non-hydrogen) atoms. The highest BCUT2D eigenvalue weighted by atomic mass is 16.2. The molecular weight excluding hydrogens is 428 g/mol. The highest BCUT2D eigenvalue weighted by Crippen LogP contribution is 2.06. The van der Waals surface area contributed by atoms with E-state index in [0.717, 1.165) is 12.0 Å². The zero-order valence-electron chi connectivity index (χ0n) is 18.3. The van der Waals surface area contributed by atoms with E-state index in [9.17, 15) is 14.4 Å². The minimum absolute atomic E-state index is 0.0389. The van der Waals surface area contributed by atoms with E-state index in [1.54, 1.807) is 0 Å². The molecule has 1 heterocycles. The Kier molecular flexibility index (Phi) is 10.8. The van der Waals surface area contributed by atoms with Crippen molar-refractivity contribution in [2.45, 2.75) is 44.6 Å². The summed E-state index contributed by atoms with van der Waals surface area (Å²) in [6, 6.07) is 8.68. The lowest BCUT2D eigenvalue weighted by molar-refractivity contribution is -0.129. The van der Waals surface area contributed by atoms with Crippen LogP contribution in [0.25, 0.3) is 0 Å². The number of rotatable bonds is 14. The molecule has 0 saturated carbocycles. The molecule has 13 heteroatoms. The lowest BCUT2D eigenvalue weighted by Crippen LogP contribution is -2.48. The van der Waals surface area contributed by atoms with Gasteiger partial charge in [0.05, 0.1) is 0 Å². The summed E-state index contributed by atoms with van der Waals surface area (Å²) < 4.78 is 0. The van der Waals surface area contributed by atoms with Crippen molar-refractivity contribution in [3.8, 4) is 0 Å². The maximum absolute atomic E-state index is 12.7. The number of nitrogens with zero attached hydrogens (tertiary/aromatic N) is 4. The van der Waals surface area contributed by atoms with E-state index in [-0.39, 0.29) is 42.5 Å². The molecule has 3 amide bonds. The molecule has 0 spiro atoms. The molecule has 178 valence electrons. The molecule has 13 nitrogen and oxygen atoms in total. The van der Waals surface area contributed by atoms with Crippen molar-refractivity contribution >= 4 is 29.6 Å². The predicted molar refractivity (Wildman–Crippen MR) is 122 cm³/mol. The predicted octanol–water partition coefficient (Wildman–Crippen LogP) is -0.794. The largest absolute Gasteiger partial charge is 0.370 e. The summed E-state index contributed by atoms with van der Waals surface area (Å²) in [6.45, 7) is 0.929. The summed E-state index contributed by atoms with van der Waals surface area (Å²) in [6.07, 6.45) is 2.28. The van der Waals surface area contributed by atoms with Crippen molar-refractivity contribution < 1.29 is 14.4 Å². The van der Waals surface area contributed by atoms with Gasteiger partial charge in [0.1, 0.15) is 6.04 Å². The Morgan fingerprint density at radius 1 is 1.03 bits per heavy atom. The number of carbonyl (C=O) groups is 3. The molecule has 0 saturated heterocycles. The van der Waals surface area contributed by atoms with Gasteiger partial charge in [-0.2, -0.15) is 5.21 Å². The van der Waals surface area contributed by atoms with Crippen molar-refractivity contribution in [2.24, 2.45) is 16.5 Å². The standard InChI is InChI=1S/C20H30N10O3/c21-19(22)24-12-5-4-11-23-18(33)15(13-14-7-2-1-3-8-14)25-16(31)9-6-10-17(32)26-20-27-29-30-28-20/h1-3,7-8,15H,4-6,9-13H2,(H,23,33)(H,25,31)(H4,21,22,24)(H2,26,27,28,29,30,32)/t15-/m1/s1. The summed E-state index contributed by atoms with van der Waals surface area (Å²) in [7, 11) is 0. The average Bonchev–Trinajstić information content (AvgIpc) is 3.29. The number of hydrogen-bond donors (Lipinski definition) is 6. The summed E-state index contributed by atoms with van der Waals surface area (Å²) in [4.78, 5) is 40.9. The number of tetrazole rings is 1. The summed E-state index contributed by atoms with van der Waals surface area (Å²) >= 11 is 0. The van der Waals surface area contributed by atoms with Gasteiger partial charge >= 0.3 is 0 Å². The molecule has 2 aromatic rings. The first-order valence-corrected chi connectivity index (χ1v) is 10.6. The van der Waals surface area contributed by atoms with Crippen molar-refractivity contribution in [3.05, 3.63) is 35.9 Å². The molecule has 0 unspecified atom stereocenters. The van der Waals surface area contributed by atoms with Gasteiger partial charge in [-0.25, -0.2) is 0 Å². The van der Waals surface area contributed by atoms with Gasteiger partial charge in [-0.3, -0.25) is 24.7 Å². The minimum Gasteiger partial charge on any atom is -0.370 e. The minimum atomic E-state index is -0.731. The Morgan fingerprint density at radius 3 is 2.48 bits per heavy atom. The third kappa shape index (κ3) is 10.7. The zero-order chi connectivity index (χ0) is 23.9. The third-order valence-electron chi connectivity index (χ3n) is 4.52. The lowest BCUT2D eigenvalue weighted by Gasteiger charge is -2.19. The number of H-pyrrole nitrogens is 1. The van der Waals surface area contributed by atoms with Crippen molar-refractivity contribution in [1.29, 1.82) is 0 Å². The number of benzene rings is 1. The number of carbonyl (C=O) groups excluding carboxylic acids is 3. The van der Waals surface area contributed by atoms with Crippen molar-refractivity contribution in [3.63, 3.8) is 0 Å². The molecule has 0 aliphatic carbocycles. The molecule has 0 aliphatic rings. The van der Waals surface area contributed by atoms with Crippen LogP contribution < -0.4 is 27.4 Å². The fraction of sp³-hybridized carbons (Fsp3) is 0.450. The topological polar surface area (TPSA) is 206 Å². The van der Waals surface area contributed by atoms with Crippen LogP contribution in [0.3, 0.4) is 0 Å². The van der Waals surface area contributed by atoms with Gasteiger partial charge in [0.2, 0.25) is 17.7 Å². The Labute approximate surface area is 191 Å². The van der Waals surface area contributed by atoms with E-state index < -0.39 is 6.04 Å². The van der Waals surface area contributed by atoms with Crippen molar-refractivity contribution in [1.82, 2.24) is 31.3 Å². The van der Waals surface area contributed by atoms with Gasteiger partial charge in [-0.1, -0.05) is 35.4 Å². The van der Waals surface area contributed by atoms with Gasteiger partial charge in [-0.05, 0) is 30.0 Å². The Bertz CT molecular complexity index is 898. The number of nitrogens with two attached hydrogens (primary N) is 2. The second-order valence-corrected chi connectivity index (χ2v) is 7.25. The van der Waals surface area contributed by atoms with E-state index in [0.29, 0.717) is 32.4 Å². The summed E-state index contributed by atoms with van der Waals surface area (Å²) in [5.74, 6) is -0.807. The Hall–Kier alpha value is -4.03. The molecule has 1 atom stereocenters. The first kappa shape index (κ1) is 25.2. The number of unbranched alkanes of at least 4 members (excludes halogenated alkanes) is 1. The number of aromatic nitrogens is 4. The molecule has 1 aromatic carbocycles. The number of nitrogens with one attached hydrogen (secondary N) is 4. The highest BCUT2D eigenvalue weighted by molar-refractivity contribution is 5.90. The zero-order valence-corrected chi connectivity index (χ0v) is 18.3. The van der Waals surface area contributed by atoms with Crippen molar-refractivity contribution in [2.75, 3.05) is 18.4 Å². The molecule has 0 radical (unpaired) electrons. The lowest BCUT2D eigenvalue weighted by atomic mass is 10.0. The third-order valence-corrected chi connectivity index (χ3v) is 4.52. The van der Waals surface area contributed by atoms with Gasteiger partial charge in [-0.15, -0.1) is 5.10 Å². The first-order valence-electron chi connectivity index (χ1n) is 10.6. The maximum atomic E-state index is 12.7. The molecule has 0 fully saturated rings. The monoisotopic (exact) mass is 458 g/mol. The fourth-order valence-corrected chi connectivity index (χ4v) is 2.92. The Balaban J connectivity index is 1.79. The normalized spacial score (nSPS) is 11.3. The van der Waals surface area contributed by atoms with E-state index in [1.807, 2.05) is 30.3 Å². The van der Waals surface area contributed by atoms with Crippen LogP contribution in [0.1, 0.15) is 37.7 Å². The molecule has 8 N–H and O–H groups in total. The number of aromatic amines is 1. The van der Waals surface area contributed by atoms with Gasteiger partial charge in [0.15, 0.2) is 5.96 Å². The van der Waals surface area contributed by atoms with E-state index in [1.165, 1.54) is 0 Å². The highest BCUT2D eigenvalue weighted by Gasteiger charge is 2.21. The maximum Gasteiger partial charge on any atom is 0.269 e. The first-order chi connectivity index (χ1) is 15.9. The van der Waals surface area contributed by atoms with Crippen LogP contribution in [-0.2, 0) is 20.8 Å². The number of guanidine groups is 1. The number of aliphatic imine (C=N–C) groups is 1. The second kappa shape index (κ2) is 14.1. The molecular formula is C20H30N10O3. The number of amides is 3. The SMILES string of the molecule is NC(N)=NCCCCNC(=O)[C@@H](Cc1ccccc1)NC(=O)CCCC(=O)Nc1nn[nH]n1. The van der Waals surface area contributed by atoms with E-state index >= 15 is 0 Å². The second-order valence-electron chi connectivity index (χ2n) is 7.25. The number of hydrogen-bond acceptors (Lipinski definition) is 7. The Morgan fingerprint density at radius 2 is 1.79 bits per heavy atom. The van der Waals surface area contributed by atoms with E-state index in [2.05, 4.69) is 41.6 Å². The van der Waals surface area contributed by atoms with Crippen LogP contribution in [0.4, 0.5) is 5.95 Å². The van der Waals surface area contributed by atoms with Gasteiger partial charge in [0.25, 0.3) is 5.95 Å². The van der Waals surface area contributed by atoms with Crippen LogP contribution in [0.5, 0.6) is 0 Å². The van der Waals surface area contributed by atoms with Crippen LogP contribution in [0.2, 0.25) is 0 Å².